The zero-order valence-electron chi connectivity index (χ0n) is 9.92. The third-order valence-electron chi connectivity index (χ3n) is 2.63. The fraction of sp³-hybridized carbons (Fsp3) is 0.909. The molecule has 14 heavy (non-hydrogen) atoms. The van der Waals surface area contributed by atoms with Crippen LogP contribution in [0.4, 0.5) is 0 Å². The van der Waals surface area contributed by atoms with E-state index in [0.717, 1.165) is 13.0 Å². The molecule has 3 nitrogen and oxygen atoms in total. The number of hydrogen-bond donors (Lipinski definition) is 1. The van der Waals surface area contributed by atoms with Crippen LogP contribution < -0.4 is 5.73 Å². The standard InChI is InChI=1S/C11H24N2O/c1-5-9(2)8-13(4)11(14)6-10(3)7-12/h9-10H,5-8,12H2,1-4H3. The summed E-state index contributed by atoms with van der Waals surface area (Å²) < 4.78 is 0. The topological polar surface area (TPSA) is 46.3 Å². The molecule has 0 heterocycles. The number of carbonyl (C=O) groups is 1. The van der Waals surface area contributed by atoms with Gasteiger partial charge in [0.25, 0.3) is 0 Å². The second-order valence-corrected chi connectivity index (χ2v) is 4.33. The molecule has 0 fully saturated rings. The van der Waals surface area contributed by atoms with Crippen molar-refractivity contribution in [3.63, 3.8) is 0 Å². The molecule has 2 N–H and O–H groups in total. The minimum absolute atomic E-state index is 0.211. The van der Waals surface area contributed by atoms with E-state index in [9.17, 15) is 4.79 Å². The summed E-state index contributed by atoms with van der Waals surface area (Å²) in [5.41, 5.74) is 5.48. The van der Waals surface area contributed by atoms with Crippen molar-refractivity contribution in [1.29, 1.82) is 0 Å². The molecule has 0 spiro atoms. The Kier molecular flexibility index (Phi) is 6.54. The summed E-state index contributed by atoms with van der Waals surface area (Å²) in [5, 5.41) is 0. The maximum Gasteiger partial charge on any atom is 0.222 e. The fourth-order valence-electron chi connectivity index (χ4n) is 1.24. The van der Waals surface area contributed by atoms with Gasteiger partial charge < -0.3 is 10.6 Å². The maximum atomic E-state index is 11.6. The molecule has 0 radical (unpaired) electrons. The molecule has 0 aliphatic heterocycles. The van der Waals surface area contributed by atoms with Crippen molar-refractivity contribution in [2.75, 3.05) is 20.1 Å². The van der Waals surface area contributed by atoms with Gasteiger partial charge in [0.05, 0.1) is 0 Å². The molecule has 0 aliphatic rings. The van der Waals surface area contributed by atoms with Gasteiger partial charge in [0.1, 0.15) is 0 Å². The molecular formula is C11H24N2O. The highest BCUT2D eigenvalue weighted by molar-refractivity contribution is 5.76. The maximum absolute atomic E-state index is 11.6. The minimum atomic E-state index is 0.211. The Balaban J connectivity index is 3.87. The van der Waals surface area contributed by atoms with Crippen LogP contribution in [0.5, 0.6) is 0 Å². The van der Waals surface area contributed by atoms with Crippen LogP contribution in [-0.4, -0.2) is 30.9 Å². The zero-order valence-corrected chi connectivity index (χ0v) is 9.92. The first-order valence-electron chi connectivity index (χ1n) is 5.45. The van der Waals surface area contributed by atoms with Crippen molar-refractivity contribution in [1.82, 2.24) is 4.90 Å². The van der Waals surface area contributed by atoms with E-state index in [-0.39, 0.29) is 5.91 Å². The fourth-order valence-corrected chi connectivity index (χ4v) is 1.24. The Morgan fingerprint density at radius 2 is 1.93 bits per heavy atom. The number of nitrogens with two attached hydrogens (primary N) is 1. The summed E-state index contributed by atoms with van der Waals surface area (Å²) in [5.74, 6) is 1.09. The van der Waals surface area contributed by atoms with E-state index in [1.54, 1.807) is 0 Å². The van der Waals surface area contributed by atoms with Crippen molar-refractivity contribution >= 4 is 5.91 Å². The van der Waals surface area contributed by atoms with E-state index in [2.05, 4.69) is 13.8 Å². The van der Waals surface area contributed by atoms with Gasteiger partial charge in [-0.25, -0.2) is 0 Å². The number of amides is 1. The van der Waals surface area contributed by atoms with Gasteiger partial charge in [-0.15, -0.1) is 0 Å². The molecule has 0 saturated carbocycles. The highest BCUT2D eigenvalue weighted by atomic mass is 16.2. The minimum Gasteiger partial charge on any atom is -0.345 e. The quantitative estimate of drug-likeness (QED) is 0.706. The van der Waals surface area contributed by atoms with Crippen LogP contribution in [0.2, 0.25) is 0 Å². The number of rotatable bonds is 6. The highest BCUT2D eigenvalue weighted by Crippen LogP contribution is 2.07. The third-order valence-corrected chi connectivity index (χ3v) is 2.63. The van der Waals surface area contributed by atoms with Crippen LogP contribution in [0.3, 0.4) is 0 Å². The Morgan fingerprint density at radius 3 is 2.36 bits per heavy atom. The monoisotopic (exact) mass is 200 g/mol. The number of hydrogen-bond acceptors (Lipinski definition) is 2. The van der Waals surface area contributed by atoms with Crippen LogP contribution in [-0.2, 0) is 4.79 Å². The molecule has 84 valence electrons. The number of nitrogens with zero attached hydrogens (tertiary/aromatic N) is 1. The molecule has 0 aromatic heterocycles. The Labute approximate surface area is 87.6 Å². The second kappa shape index (κ2) is 6.82. The van der Waals surface area contributed by atoms with Crippen molar-refractivity contribution in [3.05, 3.63) is 0 Å². The van der Waals surface area contributed by atoms with Crippen LogP contribution in [0.1, 0.15) is 33.6 Å². The Hall–Kier alpha value is -0.570. The van der Waals surface area contributed by atoms with Crippen LogP contribution in [0, 0.1) is 11.8 Å². The van der Waals surface area contributed by atoms with Gasteiger partial charge in [-0.2, -0.15) is 0 Å². The third kappa shape index (κ3) is 5.22. The van der Waals surface area contributed by atoms with Crippen LogP contribution in [0.15, 0.2) is 0 Å². The zero-order chi connectivity index (χ0) is 11.1. The van der Waals surface area contributed by atoms with Gasteiger partial charge >= 0.3 is 0 Å². The smallest absolute Gasteiger partial charge is 0.222 e. The molecule has 2 unspecified atom stereocenters. The van der Waals surface area contributed by atoms with E-state index in [1.807, 2.05) is 18.9 Å². The second-order valence-electron chi connectivity index (χ2n) is 4.33. The van der Waals surface area contributed by atoms with Crippen molar-refractivity contribution in [2.45, 2.75) is 33.6 Å². The molecule has 0 saturated heterocycles. The predicted molar refractivity (Wildman–Crippen MR) is 59.9 cm³/mol. The molecular weight excluding hydrogens is 176 g/mol. The van der Waals surface area contributed by atoms with Crippen LogP contribution in [0.25, 0.3) is 0 Å². The van der Waals surface area contributed by atoms with Gasteiger partial charge in [0, 0.05) is 20.0 Å². The predicted octanol–water partition coefficient (Wildman–Crippen LogP) is 1.48. The average molecular weight is 200 g/mol. The van der Waals surface area contributed by atoms with Gasteiger partial charge in [-0.1, -0.05) is 27.2 Å². The lowest BCUT2D eigenvalue weighted by Gasteiger charge is -2.22. The molecule has 0 rings (SSSR count). The molecule has 1 amide bonds. The summed E-state index contributed by atoms with van der Waals surface area (Å²) >= 11 is 0. The van der Waals surface area contributed by atoms with Gasteiger partial charge in [0.15, 0.2) is 0 Å². The molecule has 2 atom stereocenters. The summed E-state index contributed by atoms with van der Waals surface area (Å²) in [4.78, 5) is 13.5. The van der Waals surface area contributed by atoms with Crippen LogP contribution >= 0.6 is 0 Å². The normalized spacial score (nSPS) is 14.9. The average Bonchev–Trinajstić information content (AvgIpc) is 2.17. The van der Waals surface area contributed by atoms with E-state index in [4.69, 9.17) is 5.73 Å². The molecule has 3 heteroatoms. The number of carbonyl (C=O) groups excluding carboxylic acids is 1. The lowest BCUT2D eigenvalue weighted by Crippen LogP contribution is -2.32. The molecule has 0 aromatic carbocycles. The van der Waals surface area contributed by atoms with Crippen molar-refractivity contribution in [3.8, 4) is 0 Å². The lowest BCUT2D eigenvalue weighted by molar-refractivity contribution is -0.131. The first kappa shape index (κ1) is 13.4. The summed E-state index contributed by atoms with van der Waals surface area (Å²) in [6, 6.07) is 0. The van der Waals surface area contributed by atoms with Gasteiger partial charge in [-0.3, -0.25) is 4.79 Å². The molecule has 0 bridgehead atoms. The summed E-state index contributed by atoms with van der Waals surface area (Å²) in [6.07, 6.45) is 1.69. The summed E-state index contributed by atoms with van der Waals surface area (Å²) in [7, 11) is 1.87. The molecule has 0 aromatic rings. The SMILES string of the molecule is CCC(C)CN(C)C(=O)CC(C)CN. The summed E-state index contributed by atoms with van der Waals surface area (Å²) in [6.45, 7) is 7.76. The largest absolute Gasteiger partial charge is 0.345 e. The Bertz CT molecular complexity index is 171. The van der Waals surface area contributed by atoms with Gasteiger partial charge in [-0.05, 0) is 18.4 Å². The first-order valence-corrected chi connectivity index (χ1v) is 5.45. The lowest BCUT2D eigenvalue weighted by atomic mass is 10.1. The highest BCUT2D eigenvalue weighted by Gasteiger charge is 2.13. The van der Waals surface area contributed by atoms with Crippen molar-refractivity contribution < 1.29 is 4.79 Å². The Morgan fingerprint density at radius 1 is 1.36 bits per heavy atom. The first-order chi connectivity index (χ1) is 6.51. The molecule has 0 aliphatic carbocycles. The van der Waals surface area contributed by atoms with E-state index in [1.165, 1.54) is 0 Å². The van der Waals surface area contributed by atoms with E-state index < -0.39 is 0 Å². The van der Waals surface area contributed by atoms with Crippen molar-refractivity contribution in [2.24, 2.45) is 17.6 Å². The van der Waals surface area contributed by atoms with E-state index >= 15 is 0 Å². The van der Waals surface area contributed by atoms with Gasteiger partial charge in [0.2, 0.25) is 5.91 Å². The van der Waals surface area contributed by atoms with E-state index in [0.29, 0.717) is 24.8 Å².